The Bertz CT molecular complexity index is 2530. The van der Waals surface area contributed by atoms with E-state index in [0.29, 0.717) is 23.8 Å². The largest absolute Gasteiger partial charge is 2.00 e. The molecule has 9 heteroatoms. The van der Waals surface area contributed by atoms with E-state index in [1.54, 1.807) is 18.6 Å². The van der Waals surface area contributed by atoms with Crippen molar-refractivity contribution in [1.29, 1.82) is 0 Å². The Labute approximate surface area is 394 Å². The number of hydrogen-bond acceptors (Lipinski definition) is 6. The first-order valence-electron chi connectivity index (χ1n) is 20.4. The van der Waals surface area contributed by atoms with E-state index in [4.69, 9.17) is 9.47 Å². The molecule has 0 aliphatic heterocycles. The summed E-state index contributed by atoms with van der Waals surface area (Å²) >= 11 is 0. The molecule has 5 aromatic carbocycles. The number of pyridine rings is 3. The molecule has 0 N–H and O–H groups in total. The van der Waals surface area contributed by atoms with E-state index >= 15 is 0 Å². The summed E-state index contributed by atoms with van der Waals surface area (Å²) in [5, 5.41) is 1.99. The first kappa shape index (κ1) is 47.8. The minimum absolute atomic E-state index is 0. The first-order valence-corrected chi connectivity index (χ1v) is 22.1. The summed E-state index contributed by atoms with van der Waals surface area (Å²) in [5.74, 6) is 1.63. The van der Waals surface area contributed by atoms with Crippen molar-refractivity contribution >= 4 is 23.1 Å². The predicted molar refractivity (Wildman–Crippen MR) is 245 cm³/mol. The molecule has 0 atom stereocenters. The first-order chi connectivity index (χ1) is 29.6. The molecule has 3 aromatic heterocycles. The SMILES string of the molecule is CCCCOc1ccc(-c2cc[c-]c(-c3ccccn3)c2)cc1OCCCC.O=P(c1[c-]c(-c2ccccn2)ccc1)(c1[c-]c(-c2ccccn2)ccc1)c1ccccc1.[Ir].[Pt+2]. The Morgan fingerprint density at radius 3 is 1.53 bits per heavy atom. The van der Waals surface area contributed by atoms with Crippen LogP contribution in [0.5, 0.6) is 11.5 Å². The average Bonchev–Trinajstić information content (AvgIpc) is 3.33. The number of ether oxygens (including phenoxy) is 2. The fourth-order valence-electron chi connectivity index (χ4n) is 6.56. The van der Waals surface area contributed by atoms with Crippen LogP contribution in [0.1, 0.15) is 39.5 Å². The molecular weight excluding hydrogens is 1140 g/mol. The Balaban J connectivity index is 0.000000229. The van der Waals surface area contributed by atoms with Gasteiger partial charge in [-0.05, 0) is 65.8 Å². The van der Waals surface area contributed by atoms with Crippen molar-refractivity contribution in [3.05, 3.63) is 195 Å². The van der Waals surface area contributed by atoms with Gasteiger partial charge in [0.25, 0.3) is 0 Å². The van der Waals surface area contributed by atoms with Crippen LogP contribution in [-0.2, 0) is 45.7 Å². The molecule has 0 amide bonds. The van der Waals surface area contributed by atoms with Crippen molar-refractivity contribution in [3.8, 4) is 56.4 Å². The van der Waals surface area contributed by atoms with Gasteiger partial charge >= 0.3 is 21.1 Å². The van der Waals surface area contributed by atoms with Gasteiger partial charge in [0.1, 0.15) is 7.14 Å². The molecule has 6 nitrogen and oxygen atoms in total. The number of nitrogens with zero attached hydrogens (tertiary/aromatic N) is 3. The summed E-state index contributed by atoms with van der Waals surface area (Å²) in [7, 11) is -3.24. The van der Waals surface area contributed by atoms with Crippen LogP contribution in [0.25, 0.3) is 44.9 Å². The predicted octanol–water partition coefficient (Wildman–Crippen LogP) is 11.6. The second kappa shape index (κ2) is 24.4. The summed E-state index contributed by atoms with van der Waals surface area (Å²) in [6.45, 7) is 5.74. The van der Waals surface area contributed by atoms with Crippen LogP contribution in [0, 0.1) is 18.2 Å². The molecule has 0 saturated carbocycles. The van der Waals surface area contributed by atoms with Crippen molar-refractivity contribution in [2.75, 3.05) is 13.2 Å². The zero-order valence-corrected chi connectivity index (χ0v) is 40.2. The molecule has 3 heterocycles. The molecule has 0 aliphatic rings. The molecule has 317 valence electrons. The van der Waals surface area contributed by atoms with Crippen molar-refractivity contribution in [1.82, 2.24) is 15.0 Å². The maximum atomic E-state index is 14.9. The number of unbranched alkanes of at least 4 members (excludes halogenated alkanes) is 2. The van der Waals surface area contributed by atoms with Gasteiger partial charge in [-0.15, -0.1) is 95.1 Å². The van der Waals surface area contributed by atoms with E-state index in [2.05, 4.69) is 71.3 Å². The topological polar surface area (TPSA) is 74.2 Å². The molecule has 0 spiro atoms. The van der Waals surface area contributed by atoms with Crippen LogP contribution in [-0.4, -0.2) is 28.2 Å². The molecule has 8 rings (SSSR count). The number of benzene rings is 5. The van der Waals surface area contributed by atoms with Crippen LogP contribution >= 0.6 is 7.14 Å². The number of rotatable bonds is 15. The molecule has 0 bridgehead atoms. The second-order valence-electron chi connectivity index (χ2n) is 14.0. The molecule has 0 fully saturated rings. The maximum Gasteiger partial charge on any atom is 2.00 e. The fraction of sp³-hybridized carbons (Fsp3) is 0.151. The Hall–Kier alpha value is -5.28. The molecule has 0 saturated heterocycles. The van der Waals surface area contributed by atoms with E-state index < -0.39 is 7.14 Å². The van der Waals surface area contributed by atoms with Gasteiger partial charge in [-0.2, -0.15) is 0 Å². The van der Waals surface area contributed by atoms with Crippen LogP contribution in [0.4, 0.5) is 0 Å². The number of aromatic nitrogens is 3. The molecule has 0 aliphatic carbocycles. The van der Waals surface area contributed by atoms with Crippen molar-refractivity contribution in [3.63, 3.8) is 0 Å². The Morgan fingerprint density at radius 2 is 1.02 bits per heavy atom. The van der Waals surface area contributed by atoms with Crippen molar-refractivity contribution in [2.45, 2.75) is 39.5 Å². The van der Waals surface area contributed by atoms with E-state index in [9.17, 15) is 4.57 Å². The quantitative estimate of drug-likeness (QED) is 0.0578. The summed E-state index contributed by atoms with van der Waals surface area (Å²) in [5.41, 5.74) is 7.30. The summed E-state index contributed by atoms with van der Waals surface area (Å²) in [6, 6.07) is 60.8. The van der Waals surface area contributed by atoms with Crippen molar-refractivity contribution in [2.24, 2.45) is 0 Å². The van der Waals surface area contributed by atoms with Crippen LogP contribution in [0.3, 0.4) is 0 Å². The Morgan fingerprint density at radius 1 is 0.516 bits per heavy atom. The summed E-state index contributed by atoms with van der Waals surface area (Å²) < 4.78 is 26.9. The zero-order valence-electron chi connectivity index (χ0n) is 34.6. The molecular formula is C53H47IrN3O3PPt-. The van der Waals surface area contributed by atoms with E-state index in [1.165, 1.54) is 0 Å². The number of hydrogen-bond donors (Lipinski definition) is 0. The van der Waals surface area contributed by atoms with Crippen LogP contribution < -0.4 is 25.4 Å². The monoisotopic (exact) mass is 1190 g/mol. The van der Waals surface area contributed by atoms with Gasteiger partial charge in [-0.3, -0.25) is 0 Å². The standard InChI is InChI=1S/C28H19N2OP.C25H28NO2.Ir.Pt/c31-32(24-12-2-1-3-13-24,25-14-8-10-22(20-25)27-16-4-6-18-29-27)26-15-9-11-23(21-26)28-17-5-7-19-30-28;1-3-5-16-27-24-14-13-21(19-25(24)28-17-6-4-2)20-10-9-11-22(18-20)23-12-7-8-15-26-23;;/h1-19H;7-10,12-15,18-19H,3-6,16-17H2,1-2H3;;/q-2;-1;;+2. The van der Waals surface area contributed by atoms with Crippen LogP contribution in [0.15, 0.2) is 176 Å². The van der Waals surface area contributed by atoms with Gasteiger partial charge in [0.05, 0.1) is 13.2 Å². The summed E-state index contributed by atoms with van der Waals surface area (Å²) in [4.78, 5) is 13.3. The molecule has 0 unspecified atom stereocenters. The maximum absolute atomic E-state index is 14.9. The van der Waals surface area contributed by atoms with Crippen molar-refractivity contribution < 1.29 is 55.2 Å². The zero-order chi connectivity index (χ0) is 41.4. The fourth-order valence-corrected chi connectivity index (χ4v) is 9.11. The smallest absolute Gasteiger partial charge is 0.490 e. The minimum Gasteiger partial charge on any atom is -0.490 e. The molecule has 8 aromatic rings. The molecule has 62 heavy (non-hydrogen) atoms. The van der Waals surface area contributed by atoms with E-state index in [1.807, 2.05) is 133 Å². The van der Waals surface area contributed by atoms with Gasteiger partial charge in [0, 0.05) is 44.0 Å². The van der Waals surface area contributed by atoms with Gasteiger partial charge < -0.3 is 29.0 Å². The summed E-state index contributed by atoms with van der Waals surface area (Å²) in [6.07, 6.45) is 9.58. The van der Waals surface area contributed by atoms with Gasteiger partial charge in [0.15, 0.2) is 11.5 Å². The third-order valence-corrected chi connectivity index (χ3v) is 12.7. The molecule has 1 radical (unpaired) electrons. The third-order valence-electron chi connectivity index (χ3n) is 9.77. The van der Waals surface area contributed by atoms with Gasteiger partial charge in [-0.25, -0.2) is 0 Å². The van der Waals surface area contributed by atoms with E-state index in [-0.39, 0.29) is 41.2 Å². The third kappa shape index (κ3) is 12.2. The van der Waals surface area contributed by atoms with Gasteiger partial charge in [0.2, 0.25) is 0 Å². The van der Waals surface area contributed by atoms with E-state index in [0.717, 1.165) is 87.4 Å². The van der Waals surface area contributed by atoms with Crippen LogP contribution in [0.2, 0.25) is 0 Å². The second-order valence-corrected chi connectivity index (χ2v) is 16.7. The Kier molecular flexibility index (Phi) is 18.8. The average molecular weight is 1190 g/mol. The van der Waals surface area contributed by atoms with Gasteiger partial charge in [-0.1, -0.05) is 110 Å². The normalized spacial score (nSPS) is 10.6. The minimum atomic E-state index is -3.24.